The topological polar surface area (TPSA) is 63.8 Å². The second kappa shape index (κ2) is 7.08. The van der Waals surface area contributed by atoms with Gasteiger partial charge in [0.05, 0.1) is 10.7 Å². The van der Waals surface area contributed by atoms with Crippen LogP contribution >= 0.6 is 15.9 Å². The van der Waals surface area contributed by atoms with Crippen molar-refractivity contribution in [2.24, 2.45) is 5.10 Å². The van der Waals surface area contributed by atoms with E-state index in [1.54, 1.807) is 25.3 Å². The van der Waals surface area contributed by atoms with Crippen molar-refractivity contribution < 1.29 is 13.9 Å². The lowest BCUT2D eigenvalue weighted by atomic mass is 10.2. The van der Waals surface area contributed by atoms with E-state index < -0.39 is 0 Å². The molecule has 0 aliphatic heterocycles. The maximum Gasteiger partial charge on any atom is 0.277 e. The number of carbonyl (C=O) groups is 1. The van der Waals surface area contributed by atoms with Crippen molar-refractivity contribution >= 4 is 27.5 Å². The van der Waals surface area contributed by atoms with Crippen molar-refractivity contribution in [3.63, 3.8) is 0 Å². The van der Waals surface area contributed by atoms with Crippen LogP contribution in [0.4, 0.5) is 0 Å². The van der Waals surface area contributed by atoms with E-state index in [0.717, 1.165) is 10.0 Å². The summed E-state index contributed by atoms with van der Waals surface area (Å²) in [6, 6.07) is 9.17. The molecule has 0 aliphatic carbocycles. The Morgan fingerprint density at radius 3 is 2.90 bits per heavy atom. The molecule has 1 aromatic carbocycles. The summed E-state index contributed by atoms with van der Waals surface area (Å²) in [5.41, 5.74) is 4.12. The first-order valence-electron chi connectivity index (χ1n) is 6.32. The number of nitrogens with zero attached hydrogens (tertiary/aromatic N) is 1. The number of hydrogen-bond donors (Lipinski definition) is 1. The molecule has 21 heavy (non-hydrogen) atoms. The fourth-order valence-electron chi connectivity index (χ4n) is 1.58. The van der Waals surface area contributed by atoms with E-state index in [1.165, 1.54) is 0 Å². The molecule has 1 N–H and O–H groups in total. The van der Waals surface area contributed by atoms with Gasteiger partial charge in [-0.3, -0.25) is 4.79 Å². The van der Waals surface area contributed by atoms with E-state index in [1.807, 2.05) is 25.1 Å². The van der Waals surface area contributed by atoms with E-state index in [-0.39, 0.29) is 12.5 Å². The number of benzene rings is 1. The molecule has 6 heteroatoms. The summed E-state index contributed by atoms with van der Waals surface area (Å²) in [6.07, 6.45) is 1.55. The van der Waals surface area contributed by atoms with Crippen molar-refractivity contribution in [3.05, 3.63) is 52.4 Å². The Hall–Kier alpha value is -2.08. The summed E-state index contributed by atoms with van der Waals surface area (Å²) in [7, 11) is 0. The summed E-state index contributed by atoms with van der Waals surface area (Å²) >= 11 is 3.39. The zero-order valence-corrected chi connectivity index (χ0v) is 13.3. The maximum atomic E-state index is 11.7. The number of amides is 1. The van der Waals surface area contributed by atoms with Crippen LogP contribution in [-0.4, -0.2) is 18.2 Å². The number of carbonyl (C=O) groups excluding carboxylic acids is 1. The van der Waals surface area contributed by atoms with Crippen LogP contribution in [0.15, 0.2) is 50.6 Å². The Bertz CT molecular complexity index is 651. The number of hydrazone groups is 1. The average molecular weight is 351 g/mol. The summed E-state index contributed by atoms with van der Waals surface area (Å²) in [5.74, 6) is 0.883. The molecular weight excluding hydrogens is 336 g/mol. The maximum absolute atomic E-state index is 11.7. The highest BCUT2D eigenvalue weighted by Crippen LogP contribution is 2.25. The van der Waals surface area contributed by atoms with E-state index >= 15 is 0 Å². The Labute approximate surface area is 131 Å². The smallest absolute Gasteiger partial charge is 0.277 e. The SMILES string of the molecule is C/C(=N\NC(=O)COc1ccc(C)cc1Br)c1ccco1. The summed E-state index contributed by atoms with van der Waals surface area (Å²) in [6.45, 7) is 3.61. The molecule has 0 saturated heterocycles. The highest BCUT2D eigenvalue weighted by atomic mass is 79.9. The minimum absolute atomic E-state index is 0.114. The Morgan fingerprint density at radius 2 is 2.24 bits per heavy atom. The van der Waals surface area contributed by atoms with Crippen molar-refractivity contribution in [2.45, 2.75) is 13.8 Å². The number of aryl methyl sites for hydroxylation is 1. The van der Waals surface area contributed by atoms with Crippen molar-refractivity contribution in [1.29, 1.82) is 0 Å². The molecule has 0 radical (unpaired) electrons. The van der Waals surface area contributed by atoms with Gasteiger partial charge in [0, 0.05) is 0 Å². The van der Waals surface area contributed by atoms with Crippen LogP contribution in [0.3, 0.4) is 0 Å². The largest absolute Gasteiger partial charge is 0.483 e. The number of nitrogens with one attached hydrogen (secondary N) is 1. The molecule has 1 aromatic heterocycles. The van der Waals surface area contributed by atoms with Crippen LogP contribution in [0.2, 0.25) is 0 Å². The van der Waals surface area contributed by atoms with Crippen LogP contribution in [0.25, 0.3) is 0 Å². The van der Waals surface area contributed by atoms with Gasteiger partial charge in [-0.05, 0) is 59.6 Å². The van der Waals surface area contributed by atoms with Crippen molar-refractivity contribution in [1.82, 2.24) is 5.43 Å². The van der Waals surface area contributed by atoms with Crippen LogP contribution in [-0.2, 0) is 4.79 Å². The predicted molar refractivity (Wildman–Crippen MR) is 83.4 cm³/mol. The molecule has 5 nitrogen and oxygen atoms in total. The van der Waals surface area contributed by atoms with E-state index in [2.05, 4.69) is 26.5 Å². The zero-order chi connectivity index (χ0) is 15.2. The van der Waals surface area contributed by atoms with E-state index in [4.69, 9.17) is 9.15 Å². The lowest BCUT2D eigenvalue weighted by molar-refractivity contribution is -0.123. The monoisotopic (exact) mass is 350 g/mol. The highest BCUT2D eigenvalue weighted by molar-refractivity contribution is 9.10. The first-order chi connectivity index (χ1) is 10.1. The van der Waals surface area contributed by atoms with Crippen LogP contribution < -0.4 is 10.2 Å². The van der Waals surface area contributed by atoms with Crippen LogP contribution in [0, 0.1) is 6.92 Å². The first kappa shape index (κ1) is 15.3. The van der Waals surface area contributed by atoms with Gasteiger partial charge in [0.25, 0.3) is 5.91 Å². The summed E-state index contributed by atoms with van der Waals surface area (Å²) < 4.78 is 11.4. The van der Waals surface area contributed by atoms with Gasteiger partial charge in [-0.2, -0.15) is 5.10 Å². The lowest BCUT2D eigenvalue weighted by Crippen LogP contribution is -2.25. The van der Waals surface area contributed by atoms with Gasteiger partial charge in [0.2, 0.25) is 0 Å². The molecule has 0 aliphatic rings. The Morgan fingerprint density at radius 1 is 1.43 bits per heavy atom. The summed E-state index contributed by atoms with van der Waals surface area (Å²) in [5, 5.41) is 3.95. The number of hydrogen-bond acceptors (Lipinski definition) is 4. The van der Waals surface area contributed by atoms with Gasteiger partial charge in [0.1, 0.15) is 17.2 Å². The molecule has 0 spiro atoms. The van der Waals surface area contributed by atoms with E-state index in [0.29, 0.717) is 17.2 Å². The van der Waals surface area contributed by atoms with Gasteiger partial charge in [-0.1, -0.05) is 6.07 Å². The first-order valence-corrected chi connectivity index (χ1v) is 7.11. The third-order valence-corrected chi connectivity index (χ3v) is 3.29. The van der Waals surface area contributed by atoms with Gasteiger partial charge >= 0.3 is 0 Å². The van der Waals surface area contributed by atoms with Crippen LogP contribution in [0.5, 0.6) is 5.75 Å². The fourth-order valence-corrected chi connectivity index (χ4v) is 2.19. The molecule has 0 atom stereocenters. The molecule has 0 unspecified atom stereocenters. The standard InChI is InChI=1S/C15H15BrN2O3/c1-10-5-6-14(12(16)8-10)21-9-15(19)18-17-11(2)13-4-3-7-20-13/h3-8H,9H2,1-2H3,(H,18,19)/b17-11+. The fraction of sp³-hybridized carbons (Fsp3) is 0.200. The molecule has 1 amide bonds. The quantitative estimate of drug-likeness (QED) is 0.664. The minimum Gasteiger partial charge on any atom is -0.483 e. The van der Waals surface area contributed by atoms with E-state index in [9.17, 15) is 4.79 Å². The molecule has 1 heterocycles. The van der Waals surface area contributed by atoms with Crippen molar-refractivity contribution in [3.8, 4) is 5.75 Å². The second-order valence-electron chi connectivity index (χ2n) is 4.43. The van der Waals surface area contributed by atoms with Gasteiger partial charge in [0.15, 0.2) is 6.61 Å². The minimum atomic E-state index is -0.339. The highest BCUT2D eigenvalue weighted by Gasteiger charge is 2.06. The average Bonchev–Trinajstić information content (AvgIpc) is 2.98. The molecule has 110 valence electrons. The molecule has 0 fully saturated rings. The Kier molecular flexibility index (Phi) is 5.16. The summed E-state index contributed by atoms with van der Waals surface area (Å²) in [4.78, 5) is 11.7. The molecule has 2 rings (SSSR count). The molecule has 0 bridgehead atoms. The molecular formula is C15H15BrN2O3. The number of furan rings is 1. The Balaban J connectivity index is 1.86. The van der Waals surface area contributed by atoms with Gasteiger partial charge in [-0.25, -0.2) is 5.43 Å². The normalized spacial score (nSPS) is 11.3. The third-order valence-electron chi connectivity index (χ3n) is 2.67. The zero-order valence-electron chi connectivity index (χ0n) is 11.7. The number of rotatable bonds is 5. The number of halogens is 1. The van der Waals surface area contributed by atoms with Crippen molar-refractivity contribution in [2.75, 3.05) is 6.61 Å². The molecule has 2 aromatic rings. The third kappa shape index (κ3) is 4.46. The van der Waals surface area contributed by atoms with Gasteiger partial charge in [-0.15, -0.1) is 0 Å². The van der Waals surface area contributed by atoms with Crippen LogP contribution in [0.1, 0.15) is 18.2 Å². The molecule has 0 saturated carbocycles. The predicted octanol–water partition coefficient (Wildman–Crippen LogP) is 3.27. The van der Waals surface area contributed by atoms with Gasteiger partial charge < -0.3 is 9.15 Å². The second-order valence-corrected chi connectivity index (χ2v) is 5.29. The lowest BCUT2D eigenvalue weighted by Gasteiger charge is -2.07. The number of ether oxygens (including phenoxy) is 1.